The molecule has 1 aromatic carbocycles. The van der Waals surface area contributed by atoms with Gasteiger partial charge in [0, 0.05) is 0 Å². The molecular weight excluding hydrogens is 211 g/mol. The van der Waals surface area contributed by atoms with Crippen LogP contribution in [0.3, 0.4) is 0 Å². The van der Waals surface area contributed by atoms with E-state index in [1.54, 1.807) is 0 Å². The van der Waals surface area contributed by atoms with Gasteiger partial charge in [0.25, 0.3) is 0 Å². The highest BCUT2D eigenvalue weighted by atomic mass is 16.5. The van der Waals surface area contributed by atoms with Gasteiger partial charge in [0.2, 0.25) is 0 Å². The van der Waals surface area contributed by atoms with E-state index in [0.29, 0.717) is 6.61 Å². The first-order valence-electron chi connectivity index (χ1n) is 4.92. The van der Waals surface area contributed by atoms with E-state index in [1.165, 1.54) is 18.2 Å². The zero-order valence-corrected chi connectivity index (χ0v) is 8.88. The monoisotopic (exact) mass is 224 g/mol. The third-order valence-corrected chi connectivity index (χ3v) is 2.00. The van der Waals surface area contributed by atoms with Crippen molar-refractivity contribution in [3.8, 4) is 5.75 Å². The minimum Gasteiger partial charge on any atom is -0.493 e. The van der Waals surface area contributed by atoms with Gasteiger partial charge in [0.05, 0.1) is 6.61 Å². The molecular formula is C10H13BO5. The van der Waals surface area contributed by atoms with Gasteiger partial charge in [-0.3, -0.25) is 0 Å². The number of carboxylic acids is 1. The summed E-state index contributed by atoms with van der Waals surface area (Å²) in [6, 6.07) is 3.96. The van der Waals surface area contributed by atoms with E-state index in [0.717, 1.165) is 6.42 Å². The molecule has 86 valence electrons. The molecule has 0 spiro atoms. The van der Waals surface area contributed by atoms with Crippen LogP contribution in [-0.2, 0) is 0 Å². The summed E-state index contributed by atoms with van der Waals surface area (Å²) in [6.07, 6.45) is 0.741. The summed E-state index contributed by atoms with van der Waals surface area (Å²) < 4.78 is 5.24. The van der Waals surface area contributed by atoms with Crippen molar-refractivity contribution in [2.24, 2.45) is 0 Å². The number of hydrogen-bond acceptors (Lipinski definition) is 4. The quantitative estimate of drug-likeness (QED) is 0.605. The Morgan fingerprint density at radius 3 is 2.62 bits per heavy atom. The molecule has 3 N–H and O–H groups in total. The molecule has 0 heterocycles. The summed E-state index contributed by atoms with van der Waals surface area (Å²) in [7, 11) is -1.63. The lowest BCUT2D eigenvalue weighted by Crippen LogP contribution is -2.30. The number of benzene rings is 1. The summed E-state index contributed by atoms with van der Waals surface area (Å²) in [5.74, 6) is -0.954. The number of carboxylic acid groups (broad SMARTS) is 1. The van der Waals surface area contributed by atoms with E-state index in [9.17, 15) is 4.79 Å². The van der Waals surface area contributed by atoms with Crippen molar-refractivity contribution in [2.75, 3.05) is 6.61 Å². The second-order valence-corrected chi connectivity index (χ2v) is 3.28. The van der Waals surface area contributed by atoms with Gasteiger partial charge in [-0.15, -0.1) is 0 Å². The Bertz CT molecular complexity index is 377. The van der Waals surface area contributed by atoms with Gasteiger partial charge < -0.3 is 19.9 Å². The molecule has 16 heavy (non-hydrogen) atoms. The van der Waals surface area contributed by atoms with Crippen LogP contribution in [0, 0.1) is 0 Å². The standard InChI is InChI=1S/C10H13BO5/c1-2-5-16-9-6-7(11(14)15)3-4-8(9)10(12)13/h3-4,6,14-15H,2,5H2,1H3,(H,12,13). The molecule has 0 fully saturated rings. The summed E-state index contributed by atoms with van der Waals surface area (Å²) >= 11 is 0. The maximum absolute atomic E-state index is 10.9. The van der Waals surface area contributed by atoms with E-state index in [-0.39, 0.29) is 16.8 Å². The first kappa shape index (κ1) is 12.5. The van der Waals surface area contributed by atoms with Gasteiger partial charge >= 0.3 is 13.1 Å². The van der Waals surface area contributed by atoms with Crippen LogP contribution in [0.2, 0.25) is 0 Å². The zero-order valence-electron chi connectivity index (χ0n) is 8.88. The highest BCUT2D eigenvalue weighted by molar-refractivity contribution is 6.58. The van der Waals surface area contributed by atoms with E-state index < -0.39 is 13.1 Å². The lowest BCUT2D eigenvalue weighted by Gasteiger charge is -2.09. The number of carbonyl (C=O) groups is 1. The Morgan fingerprint density at radius 2 is 2.12 bits per heavy atom. The van der Waals surface area contributed by atoms with Crippen LogP contribution in [-0.4, -0.2) is 34.8 Å². The van der Waals surface area contributed by atoms with Crippen molar-refractivity contribution >= 4 is 18.6 Å². The highest BCUT2D eigenvalue weighted by Gasteiger charge is 2.17. The van der Waals surface area contributed by atoms with Gasteiger partial charge in [-0.25, -0.2) is 4.79 Å². The average Bonchev–Trinajstić information content (AvgIpc) is 2.25. The topological polar surface area (TPSA) is 87.0 Å². The van der Waals surface area contributed by atoms with Crippen molar-refractivity contribution in [1.29, 1.82) is 0 Å². The molecule has 1 aromatic rings. The highest BCUT2D eigenvalue weighted by Crippen LogP contribution is 2.17. The number of ether oxygens (including phenoxy) is 1. The van der Waals surface area contributed by atoms with Gasteiger partial charge in [-0.2, -0.15) is 0 Å². The molecule has 0 amide bonds. The van der Waals surface area contributed by atoms with Crippen molar-refractivity contribution in [3.05, 3.63) is 23.8 Å². The molecule has 1 rings (SSSR count). The van der Waals surface area contributed by atoms with Crippen molar-refractivity contribution in [2.45, 2.75) is 13.3 Å². The Kier molecular flexibility index (Phi) is 4.33. The molecule has 0 bridgehead atoms. The fourth-order valence-corrected chi connectivity index (χ4v) is 1.21. The first-order valence-corrected chi connectivity index (χ1v) is 4.92. The number of hydrogen-bond donors (Lipinski definition) is 3. The van der Waals surface area contributed by atoms with Crippen LogP contribution >= 0.6 is 0 Å². The Labute approximate surface area is 93.4 Å². The van der Waals surface area contributed by atoms with E-state index >= 15 is 0 Å². The third-order valence-electron chi connectivity index (χ3n) is 2.00. The molecule has 0 aliphatic carbocycles. The molecule has 0 saturated heterocycles. The second-order valence-electron chi connectivity index (χ2n) is 3.28. The van der Waals surface area contributed by atoms with Crippen molar-refractivity contribution in [1.82, 2.24) is 0 Å². The SMILES string of the molecule is CCCOc1cc(B(O)O)ccc1C(=O)O. The average molecular weight is 224 g/mol. The van der Waals surface area contributed by atoms with Crippen LogP contribution < -0.4 is 10.2 Å². The van der Waals surface area contributed by atoms with Crippen LogP contribution in [0.5, 0.6) is 5.75 Å². The van der Waals surface area contributed by atoms with E-state index in [2.05, 4.69) is 0 Å². The molecule has 0 saturated carbocycles. The zero-order chi connectivity index (χ0) is 12.1. The molecule has 0 aliphatic heterocycles. The normalized spacial score (nSPS) is 9.94. The van der Waals surface area contributed by atoms with Crippen LogP contribution in [0.15, 0.2) is 18.2 Å². The minimum absolute atomic E-state index is 0.0119. The Balaban J connectivity index is 3.05. The summed E-state index contributed by atoms with van der Waals surface area (Å²) in [6.45, 7) is 2.27. The number of aromatic carboxylic acids is 1. The van der Waals surface area contributed by atoms with Gasteiger partial charge in [-0.05, 0) is 24.0 Å². The smallest absolute Gasteiger partial charge is 0.488 e. The Morgan fingerprint density at radius 1 is 1.44 bits per heavy atom. The van der Waals surface area contributed by atoms with Crippen molar-refractivity contribution < 1.29 is 24.7 Å². The maximum atomic E-state index is 10.9. The van der Waals surface area contributed by atoms with Gasteiger partial charge in [0.1, 0.15) is 11.3 Å². The minimum atomic E-state index is -1.63. The molecule has 0 radical (unpaired) electrons. The Hall–Kier alpha value is -1.53. The van der Waals surface area contributed by atoms with Crippen LogP contribution in [0.4, 0.5) is 0 Å². The van der Waals surface area contributed by atoms with E-state index in [1.807, 2.05) is 6.92 Å². The summed E-state index contributed by atoms with van der Waals surface area (Å²) in [4.78, 5) is 10.9. The first-order chi connectivity index (χ1) is 7.56. The molecule has 0 aliphatic rings. The number of rotatable bonds is 5. The fourth-order valence-electron chi connectivity index (χ4n) is 1.21. The third kappa shape index (κ3) is 2.98. The summed E-state index contributed by atoms with van der Waals surface area (Å²) in [5, 5.41) is 26.8. The molecule has 6 heteroatoms. The molecule has 0 unspecified atom stereocenters. The van der Waals surface area contributed by atoms with E-state index in [4.69, 9.17) is 19.9 Å². The van der Waals surface area contributed by atoms with Gasteiger partial charge in [0.15, 0.2) is 0 Å². The van der Waals surface area contributed by atoms with Crippen molar-refractivity contribution in [3.63, 3.8) is 0 Å². The summed E-state index contributed by atoms with van der Waals surface area (Å²) in [5.41, 5.74) is 0.217. The second kappa shape index (κ2) is 5.53. The lowest BCUT2D eigenvalue weighted by molar-refractivity contribution is 0.0692. The molecule has 5 nitrogen and oxygen atoms in total. The molecule has 0 aromatic heterocycles. The lowest BCUT2D eigenvalue weighted by atomic mass is 9.80. The molecule has 0 atom stereocenters. The van der Waals surface area contributed by atoms with Crippen LogP contribution in [0.25, 0.3) is 0 Å². The van der Waals surface area contributed by atoms with Crippen LogP contribution in [0.1, 0.15) is 23.7 Å². The maximum Gasteiger partial charge on any atom is 0.488 e. The van der Waals surface area contributed by atoms with Gasteiger partial charge in [-0.1, -0.05) is 13.0 Å². The predicted molar refractivity (Wildman–Crippen MR) is 59.0 cm³/mol. The fraction of sp³-hybridized carbons (Fsp3) is 0.300. The largest absolute Gasteiger partial charge is 0.493 e. The predicted octanol–water partition coefficient (Wildman–Crippen LogP) is -0.147.